The zero-order valence-corrected chi connectivity index (χ0v) is 14.8. The van der Waals surface area contributed by atoms with Crippen LogP contribution in [-0.4, -0.2) is 16.4 Å². The van der Waals surface area contributed by atoms with Crippen LogP contribution in [0.3, 0.4) is 0 Å². The molecule has 0 aliphatic heterocycles. The van der Waals surface area contributed by atoms with Gasteiger partial charge in [0.1, 0.15) is 11.4 Å². The van der Waals surface area contributed by atoms with E-state index in [0.29, 0.717) is 29.3 Å². The van der Waals surface area contributed by atoms with Gasteiger partial charge in [0.2, 0.25) is 0 Å². The highest BCUT2D eigenvalue weighted by atomic mass is 19.1. The van der Waals surface area contributed by atoms with Crippen LogP contribution in [0.4, 0.5) is 4.39 Å². The quantitative estimate of drug-likeness (QED) is 0.537. The molecule has 1 amide bonds. The van der Waals surface area contributed by atoms with Gasteiger partial charge in [-0.1, -0.05) is 37.3 Å². The molecule has 1 heterocycles. The Morgan fingerprint density at radius 1 is 1.11 bits per heavy atom. The molecule has 136 valence electrons. The third-order valence-corrected chi connectivity index (χ3v) is 5.37. The average Bonchev–Trinajstić information content (AvgIpc) is 2.69. The van der Waals surface area contributed by atoms with E-state index < -0.39 is 17.3 Å². The topological polar surface area (TPSA) is 62.0 Å². The van der Waals surface area contributed by atoms with E-state index in [1.54, 1.807) is 24.3 Å². The minimum absolute atomic E-state index is 0.117. The summed E-state index contributed by atoms with van der Waals surface area (Å²) in [4.78, 5) is 28.5. The summed E-state index contributed by atoms with van der Waals surface area (Å²) in [7, 11) is 0. The molecule has 3 aromatic rings. The molecule has 1 fully saturated rings. The molecule has 2 aromatic carbocycles. The Balaban J connectivity index is 1.79. The van der Waals surface area contributed by atoms with Gasteiger partial charge in [-0.05, 0) is 37.1 Å². The molecule has 0 bridgehead atoms. The maximum atomic E-state index is 14.7. The van der Waals surface area contributed by atoms with Crippen LogP contribution in [0.5, 0.6) is 0 Å². The number of hydrogen-bond donors (Lipinski definition) is 2. The minimum Gasteiger partial charge on any atom is -0.354 e. The number of hydrogen-bond acceptors (Lipinski definition) is 2. The molecule has 4 rings (SSSR count). The van der Waals surface area contributed by atoms with Gasteiger partial charge >= 0.3 is 0 Å². The smallest absolute Gasteiger partial charge is 0.255 e. The van der Waals surface area contributed by atoms with Gasteiger partial charge in [0.25, 0.3) is 5.91 Å². The number of fused-ring (bicyclic) bond motifs is 2. The van der Waals surface area contributed by atoms with E-state index in [2.05, 4.69) is 16.2 Å². The summed E-state index contributed by atoms with van der Waals surface area (Å²) in [5.74, 6) is 1.41. The number of nitrogens with one attached hydrogen (secondary N) is 2. The van der Waals surface area contributed by atoms with Crippen LogP contribution in [0.1, 0.15) is 42.5 Å². The van der Waals surface area contributed by atoms with Crippen LogP contribution in [-0.2, 0) is 0 Å². The van der Waals surface area contributed by atoms with Crippen molar-refractivity contribution in [1.82, 2.24) is 10.3 Å². The summed E-state index contributed by atoms with van der Waals surface area (Å²) < 4.78 is 14.7. The Hall–Kier alpha value is -3.13. The third kappa shape index (κ3) is 2.97. The Morgan fingerprint density at radius 2 is 1.85 bits per heavy atom. The van der Waals surface area contributed by atoms with Crippen LogP contribution in [0.25, 0.3) is 21.8 Å². The summed E-state index contributed by atoms with van der Waals surface area (Å²) in [6.45, 7) is 0. The molecule has 1 aliphatic carbocycles. The maximum Gasteiger partial charge on any atom is 0.255 e. The van der Waals surface area contributed by atoms with E-state index >= 15 is 0 Å². The van der Waals surface area contributed by atoms with E-state index in [9.17, 15) is 14.0 Å². The predicted octanol–water partition coefficient (Wildman–Crippen LogP) is 3.89. The van der Waals surface area contributed by atoms with Crippen molar-refractivity contribution in [2.24, 2.45) is 0 Å². The van der Waals surface area contributed by atoms with Crippen molar-refractivity contribution in [1.29, 1.82) is 0 Å². The molecular weight excluding hydrogens is 343 g/mol. The molecule has 0 spiro atoms. The molecule has 27 heavy (non-hydrogen) atoms. The summed E-state index contributed by atoms with van der Waals surface area (Å²) in [5, 5.41) is 3.55. The number of rotatable bonds is 2. The van der Waals surface area contributed by atoms with Crippen LogP contribution in [0.15, 0.2) is 41.2 Å². The standard InChI is InChI=1S/C22H19FN2O2/c1-2-22(10-6-3-7-11-22)25-21(27)15-13-19-16(12-17(15)23)20(26)14-8-4-5-9-18(14)24-19/h1,4-5,8-9,12-13H,3,6-7,10-11H2,(H,24,26)(H,25,27). The number of pyridine rings is 1. The second-order valence-electron chi connectivity index (χ2n) is 7.12. The molecule has 2 N–H and O–H groups in total. The number of carbonyl (C=O) groups excluding carboxylic acids is 1. The van der Waals surface area contributed by atoms with E-state index in [0.717, 1.165) is 25.3 Å². The molecule has 0 unspecified atom stereocenters. The highest BCUT2D eigenvalue weighted by molar-refractivity contribution is 6.00. The van der Waals surface area contributed by atoms with E-state index in [-0.39, 0.29) is 16.4 Å². The van der Waals surface area contributed by atoms with Crippen molar-refractivity contribution >= 4 is 27.7 Å². The van der Waals surface area contributed by atoms with Crippen LogP contribution < -0.4 is 10.7 Å². The number of para-hydroxylation sites is 1. The molecule has 1 saturated carbocycles. The fourth-order valence-electron chi connectivity index (χ4n) is 3.86. The Bertz CT molecular complexity index is 1150. The van der Waals surface area contributed by atoms with Crippen molar-refractivity contribution in [2.45, 2.75) is 37.6 Å². The molecule has 0 radical (unpaired) electrons. The number of aromatic amines is 1. The largest absolute Gasteiger partial charge is 0.354 e. The van der Waals surface area contributed by atoms with Crippen molar-refractivity contribution in [3.05, 3.63) is 58.0 Å². The number of H-pyrrole nitrogens is 1. The van der Waals surface area contributed by atoms with Crippen LogP contribution in [0, 0.1) is 18.2 Å². The minimum atomic E-state index is -0.733. The maximum absolute atomic E-state index is 14.7. The predicted molar refractivity (Wildman–Crippen MR) is 104 cm³/mol. The lowest BCUT2D eigenvalue weighted by Crippen LogP contribution is -2.48. The monoisotopic (exact) mass is 362 g/mol. The summed E-state index contributed by atoms with van der Waals surface area (Å²) in [6, 6.07) is 9.53. The molecule has 5 heteroatoms. The second kappa shape index (κ2) is 6.55. The molecule has 4 nitrogen and oxygen atoms in total. The average molecular weight is 362 g/mol. The Labute approximate surface area is 155 Å². The highest BCUT2D eigenvalue weighted by Crippen LogP contribution is 2.28. The third-order valence-electron chi connectivity index (χ3n) is 5.37. The SMILES string of the molecule is C#CC1(NC(=O)c2cc3[nH]c4ccccc4c(=O)c3cc2F)CCCCC1. The van der Waals surface area contributed by atoms with Gasteiger partial charge in [0.05, 0.1) is 11.1 Å². The summed E-state index contributed by atoms with van der Waals surface area (Å²) in [6.07, 6.45) is 9.99. The molecule has 0 saturated heterocycles. The first-order valence-electron chi connectivity index (χ1n) is 9.08. The van der Waals surface area contributed by atoms with Crippen molar-refractivity contribution in [3.63, 3.8) is 0 Å². The highest BCUT2D eigenvalue weighted by Gasteiger charge is 2.32. The van der Waals surface area contributed by atoms with Gasteiger partial charge in [0.15, 0.2) is 5.43 Å². The number of amides is 1. The number of aromatic nitrogens is 1. The lowest BCUT2D eigenvalue weighted by molar-refractivity contribution is 0.0900. The molecule has 1 aromatic heterocycles. The number of carbonyl (C=O) groups is 1. The molecular formula is C22H19FN2O2. The van der Waals surface area contributed by atoms with Gasteiger partial charge < -0.3 is 10.3 Å². The first-order chi connectivity index (χ1) is 13.0. The van der Waals surface area contributed by atoms with E-state index in [1.807, 2.05) is 0 Å². The van der Waals surface area contributed by atoms with Crippen LogP contribution >= 0.6 is 0 Å². The fourth-order valence-corrected chi connectivity index (χ4v) is 3.86. The van der Waals surface area contributed by atoms with Crippen molar-refractivity contribution in [3.8, 4) is 12.3 Å². The van der Waals surface area contributed by atoms with Gasteiger partial charge in [-0.25, -0.2) is 4.39 Å². The lowest BCUT2D eigenvalue weighted by Gasteiger charge is -2.33. The van der Waals surface area contributed by atoms with Crippen LogP contribution in [0.2, 0.25) is 0 Å². The first kappa shape index (κ1) is 17.3. The van der Waals surface area contributed by atoms with Crippen molar-refractivity contribution in [2.75, 3.05) is 0 Å². The Kier molecular flexibility index (Phi) is 4.19. The zero-order chi connectivity index (χ0) is 19.0. The van der Waals surface area contributed by atoms with E-state index in [1.165, 1.54) is 6.07 Å². The number of benzene rings is 2. The molecule has 1 aliphatic rings. The fraction of sp³-hybridized carbons (Fsp3) is 0.273. The zero-order valence-electron chi connectivity index (χ0n) is 14.8. The van der Waals surface area contributed by atoms with Crippen molar-refractivity contribution < 1.29 is 9.18 Å². The normalized spacial score (nSPS) is 16.1. The Morgan fingerprint density at radius 3 is 2.59 bits per heavy atom. The lowest BCUT2D eigenvalue weighted by atomic mass is 9.82. The van der Waals surface area contributed by atoms with Gasteiger partial charge in [-0.3, -0.25) is 9.59 Å². The van der Waals surface area contributed by atoms with Gasteiger partial charge in [-0.2, -0.15) is 0 Å². The second-order valence-corrected chi connectivity index (χ2v) is 7.12. The summed E-state index contributed by atoms with van der Waals surface area (Å²) >= 11 is 0. The molecule has 0 atom stereocenters. The number of halogens is 1. The van der Waals surface area contributed by atoms with E-state index in [4.69, 9.17) is 6.42 Å². The van der Waals surface area contributed by atoms with Gasteiger partial charge in [0, 0.05) is 16.3 Å². The number of terminal acetylenes is 1. The van der Waals surface area contributed by atoms with Gasteiger partial charge in [-0.15, -0.1) is 6.42 Å². The first-order valence-corrected chi connectivity index (χ1v) is 9.08. The summed E-state index contributed by atoms with van der Waals surface area (Å²) in [5.41, 5.74) is -0.0525.